The molecule has 200 valence electrons. The molecule has 4 rings (SSSR count). The molecule has 1 aliphatic rings. The molecule has 0 saturated heterocycles. The number of benzene rings is 3. The number of hydrogen-bond donors (Lipinski definition) is 0. The van der Waals surface area contributed by atoms with Crippen LogP contribution in [-0.2, 0) is 0 Å². The average molecular weight is 533 g/mol. The summed E-state index contributed by atoms with van der Waals surface area (Å²) in [5.74, 6) is -10.5. The van der Waals surface area contributed by atoms with Crippen molar-refractivity contribution in [1.82, 2.24) is 0 Å². The number of rotatable bonds is 7. The van der Waals surface area contributed by atoms with Gasteiger partial charge in [0.2, 0.25) is 0 Å². The van der Waals surface area contributed by atoms with Gasteiger partial charge in [0.1, 0.15) is 28.7 Å². The summed E-state index contributed by atoms with van der Waals surface area (Å²) in [4.78, 5) is 24.7. The molecule has 0 N–H and O–H groups in total. The first-order valence-corrected chi connectivity index (χ1v) is 12.3. The normalized spacial score (nSPS) is 17.2. The SMILES string of the molecule is CCCC1CCC(c2ccc(C(=O)Oc3cc(F)c(C(=O)Oc4cc(F)c(F)c(F)c4)c(F)c3)cc2)CC1. The van der Waals surface area contributed by atoms with Gasteiger partial charge in [0.15, 0.2) is 17.5 Å². The second-order valence-corrected chi connectivity index (χ2v) is 9.37. The lowest BCUT2D eigenvalue weighted by atomic mass is 9.77. The highest BCUT2D eigenvalue weighted by atomic mass is 19.2. The number of carbonyl (C=O) groups excluding carboxylic acids is 2. The van der Waals surface area contributed by atoms with Crippen molar-refractivity contribution in [2.24, 2.45) is 5.92 Å². The predicted octanol–water partition coefficient (Wildman–Crippen LogP) is 7.89. The Balaban J connectivity index is 1.41. The Morgan fingerprint density at radius 3 is 1.76 bits per heavy atom. The third-order valence-electron chi connectivity index (χ3n) is 6.76. The van der Waals surface area contributed by atoms with Crippen LogP contribution in [0.15, 0.2) is 48.5 Å². The molecule has 0 heterocycles. The van der Waals surface area contributed by atoms with Crippen LogP contribution in [0.1, 0.15) is 77.6 Å². The molecular weight excluding hydrogens is 507 g/mol. The summed E-state index contributed by atoms with van der Waals surface area (Å²) in [6, 6.07) is 8.80. The number of ether oxygens (including phenoxy) is 2. The van der Waals surface area contributed by atoms with Crippen molar-refractivity contribution in [3.63, 3.8) is 0 Å². The maximum atomic E-state index is 14.5. The van der Waals surface area contributed by atoms with E-state index >= 15 is 0 Å². The van der Waals surface area contributed by atoms with Gasteiger partial charge in [0, 0.05) is 24.3 Å². The zero-order chi connectivity index (χ0) is 27.4. The van der Waals surface area contributed by atoms with E-state index in [0.29, 0.717) is 30.2 Å². The van der Waals surface area contributed by atoms with Crippen molar-refractivity contribution < 1.29 is 41.0 Å². The van der Waals surface area contributed by atoms with Crippen LogP contribution in [0.3, 0.4) is 0 Å². The van der Waals surface area contributed by atoms with Crippen molar-refractivity contribution in [1.29, 1.82) is 0 Å². The largest absolute Gasteiger partial charge is 0.423 e. The quantitative estimate of drug-likeness (QED) is 0.134. The fraction of sp³-hybridized carbons (Fsp3) is 0.310. The van der Waals surface area contributed by atoms with E-state index in [2.05, 4.69) is 11.7 Å². The Kier molecular flexibility index (Phi) is 8.44. The molecule has 0 unspecified atom stereocenters. The molecule has 0 bridgehead atoms. The van der Waals surface area contributed by atoms with Crippen molar-refractivity contribution in [2.45, 2.75) is 51.4 Å². The molecule has 1 aliphatic carbocycles. The maximum Gasteiger partial charge on any atom is 0.349 e. The van der Waals surface area contributed by atoms with E-state index in [1.165, 1.54) is 25.7 Å². The predicted molar refractivity (Wildman–Crippen MR) is 129 cm³/mol. The van der Waals surface area contributed by atoms with Crippen LogP contribution < -0.4 is 9.47 Å². The number of hydrogen-bond acceptors (Lipinski definition) is 4. The highest BCUT2D eigenvalue weighted by Crippen LogP contribution is 2.37. The molecule has 0 spiro atoms. The van der Waals surface area contributed by atoms with Gasteiger partial charge < -0.3 is 9.47 Å². The Morgan fingerprint density at radius 2 is 1.24 bits per heavy atom. The van der Waals surface area contributed by atoms with Crippen LogP contribution in [0.5, 0.6) is 11.5 Å². The molecule has 3 aromatic rings. The zero-order valence-corrected chi connectivity index (χ0v) is 20.5. The fourth-order valence-electron chi connectivity index (χ4n) is 4.80. The molecule has 0 aliphatic heterocycles. The van der Waals surface area contributed by atoms with Gasteiger partial charge in [0.05, 0.1) is 5.56 Å². The first-order chi connectivity index (χ1) is 18.2. The first-order valence-electron chi connectivity index (χ1n) is 12.3. The van der Waals surface area contributed by atoms with E-state index in [0.717, 1.165) is 24.3 Å². The highest BCUT2D eigenvalue weighted by molar-refractivity contribution is 5.93. The Bertz CT molecular complexity index is 1290. The molecule has 38 heavy (non-hydrogen) atoms. The van der Waals surface area contributed by atoms with Crippen LogP contribution in [0.25, 0.3) is 0 Å². The van der Waals surface area contributed by atoms with E-state index in [9.17, 15) is 31.5 Å². The number of esters is 2. The van der Waals surface area contributed by atoms with Crippen LogP contribution in [0.2, 0.25) is 0 Å². The van der Waals surface area contributed by atoms with E-state index in [-0.39, 0.29) is 5.56 Å². The molecule has 0 aromatic heterocycles. The lowest BCUT2D eigenvalue weighted by Crippen LogP contribution is -2.15. The molecule has 0 atom stereocenters. The fourth-order valence-corrected chi connectivity index (χ4v) is 4.80. The molecule has 1 saturated carbocycles. The lowest BCUT2D eigenvalue weighted by molar-refractivity contribution is 0.0723. The number of halogens is 5. The Hall–Kier alpha value is -3.75. The second kappa shape index (κ2) is 11.8. The van der Waals surface area contributed by atoms with Crippen LogP contribution >= 0.6 is 0 Å². The average Bonchev–Trinajstić information content (AvgIpc) is 2.87. The minimum absolute atomic E-state index is 0.179. The minimum atomic E-state index is -1.79. The van der Waals surface area contributed by atoms with Crippen molar-refractivity contribution in [2.75, 3.05) is 0 Å². The standard InChI is InChI=1S/C29H25F5O4/c1-2-3-16-4-6-17(7-5-16)18-8-10-19(11-9-18)28(35)37-20-12-22(30)26(23(31)13-20)29(36)38-21-14-24(32)27(34)25(33)15-21/h8-17H,2-7H2,1H3. The summed E-state index contributed by atoms with van der Waals surface area (Å²) >= 11 is 0. The maximum absolute atomic E-state index is 14.5. The summed E-state index contributed by atoms with van der Waals surface area (Å²) in [5, 5.41) is 0. The molecule has 4 nitrogen and oxygen atoms in total. The Labute approximate surface area is 216 Å². The van der Waals surface area contributed by atoms with Crippen LogP contribution in [0, 0.1) is 35.0 Å². The third-order valence-corrected chi connectivity index (χ3v) is 6.76. The van der Waals surface area contributed by atoms with Crippen molar-refractivity contribution in [3.05, 3.63) is 94.3 Å². The van der Waals surface area contributed by atoms with Gasteiger partial charge in [-0.15, -0.1) is 0 Å². The van der Waals surface area contributed by atoms with Gasteiger partial charge in [-0.25, -0.2) is 31.5 Å². The molecule has 0 amide bonds. The Morgan fingerprint density at radius 1 is 0.737 bits per heavy atom. The van der Waals surface area contributed by atoms with Crippen LogP contribution in [-0.4, -0.2) is 11.9 Å². The topological polar surface area (TPSA) is 52.6 Å². The molecule has 3 aromatic carbocycles. The molecule has 9 heteroatoms. The van der Waals surface area contributed by atoms with E-state index in [4.69, 9.17) is 4.74 Å². The monoisotopic (exact) mass is 532 g/mol. The van der Waals surface area contributed by atoms with E-state index < -0.39 is 58.1 Å². The smallest absolute Gasteiger partial charge is 0.349 e. The van der Waals surface area contributed by atoms with Crippen molar-refractivity contribution >= 4 is 11.9 Å². The van der Waals surface area contributed by atoms with Crippen LogP contribution in [0.4, 0.5) is 22.0 Å². The van der Waals surface area contributed by atoms with Gasteiger partial charge in [-0.05, 0) is 55.2 Å². The third kappa shape index (κ3) is 6.20. The molecular formula is C29H25F5O4. The van der Waals surface area contributed by atoms with Gasteiger partial charge >= 0.3 is 11.9 Å². The molecule has 1 fully saturated rings. The highest BCUT2D eigenvalue weighted by Gasteiger charge is 2.25. The summed E-state index contributed by atoms with van der Waals surface area (Å²) in [6.07, 6.45) is 6.97. The van der Waals surface area contributed by atoms with Gasteiger partial charge in [-0.3, -0.25) is 0 Å². The second-order valence-electron chi connectivity index (χ2n) is 9.37. The number of carbonyl (C=O) groups is 2. The van der Waals surface area contributed by atoms with Gasteiger partial charge in [-0.2, -0.15) is 0 Å². The summed E-state index contributed by atoms with van der Waals surface area (Å²) in [7, 11) is 0. The summed E-state index contributed by atoms with van der Waals surface area (Å²) in [6.45, 7) is 2.19. The van der Waals surface area contributed by atoms with Gasteiger partial charge in [-0.1, -0.05) is 31.9 Å². The summed E-state index contributed by atoms with van der Waals surface area (Å²) < 4.78 is 78.4. The van der Waals surface area contributed by atoms with Gasteiger partial charge in [0.25, 0.3) is 0 Å². The lowest BCUT2D eigenvalue weighted by Gasteiger charge is -2.28. The van der Waals surface area contributed by atoms with E-state index in [1.54, 1.807) is 12.1 Å². The summed E-state index contributed by atoms with van der Waals surface area (Å²) in [5.41, 5.74) is 0.114. The van der Waals surface area contributed by atoms with E-state index in [1.807, 2.05) is 12.1 Å². The zero-order valence-electron chi connectivity index (χ0n) is 20.5. The minimum Gasteiger partial charge on any atom is -0.423 e. The first kappa shape index (κ1) is 27.3. The van der Waals surface area contributed by atoms with Crippen molar-refractivity contribution in [3.8, 4) is 11.5 Å². The molecule has 0 radical (unpaired) electrons.